The van der Waals surface area contributed by atoms with Gasteiger partial charge in [0.2, 0.25) is 0 Å². The zero-order valence-electron chi connectivity index (χ0n) is 9.43. The van der Waals surface area contributed by atoms with E-state index in [9.17, 15) is 0 Å². The van der Waals surface area contributed by atoms with Gasteiger partial charge in [-0.15, -0.1) is 0 Å². The number of nitrogen functional groups attached to an aromatic ring is 1. The van der Waals surface area contributed by atoms with E-state index in [4.69, 9.17) is 33.7 Å². The van der Waals surface area contributed by atoms with E-state index >= 15 is 0 Å². The van der Waals surface area contributed by atoms with Crippen molar-refractivity contribution < 1.29 is 9.37 Å². The maximum atomic E-state index is 6.06. The quantitative estimate of drug-likeness (QED) is 0.726. The van der Waals surface area contributed by atoms with Crippen LogP contribution in [0.2, 0.25) is 10.0 Å². The van der Waals surface area contributed by atoms with Crippen molar-refractivity contribution in [2.75, 3.05) is 5.73 Å². The fourth-order valence-electron chi connectivity index (χ4n) is 1.63. The number of benzene rings is 2. The predicted molar refractivity (Wildman–Crippen MR) is 72.8 cm³/mol. The van der Waals surface area contributed by atoms with Crippen molar-refractivity contribution in [2.45, 2.75) is 0 Å². The van der Waals surface area contributed by atoms with Crippen molar-refractivity contribution in [1.29, 1.82) is 0 Å². The van der Waals surface area contributed by atoms with Crippen LogP contribution in [-0.4, -0.2) is 10.3 Å². The van der Waals surface area contributed by atoms with Crippen LogP contribution in [0.15, 0.2) is 35.0 Å². The molecule has 1 aromatic heterocycles. The van der Waals surface area contributed by atoms with Gasteiger partial charge >= 0.3 is 0 Å². The van der Waals surface area contributed by atoms with Crippen LogP contribution in [0, 0.1) is 0 Å². The van der Waals surface area contributed by atoms with Gasteiger partial charge in [-0.1, -0.05) is 29.3 Å². The molecule has 0 spiro atoms. The second kappa shape index (κ2) is 4.60. The molecule has 0 fully saturated rings. The minimum absolute atomic E-state index is 0.325. The van der Waals surface area contributed by atoms with Gasteiger partial charge in [0.1, 0.15) is 10.8 Å². The summed E-state index contributed by atoms with van der Waals surface area (Å²) in [6, 6.07) is 8.43. The van der Waals surface area contributed by atoms with Crippen molar-refractivity contribution in [3.05, 3.63) is 40.4 Å². The minimum Gasteiger partial charge on any atom is -0.453 e. The minimum atomic E-state index is 0.325. The third-order valence-electron chi connectivity index (χ3n) is 2.55. The summed E-state index contributed by atoms with van der Waals surface area (Å²) in [5, 5.41) is 8.20. The van der Waals surface area contributed by atoms with Gasteiger partial charge in [-0.05, 0) is 34.6 Å². The summed E-state index contributed by atoms with van der Waals surface area (Å²) in [6.45, 7) is 0. The Bertz CT molecular complexity index is 758. The number of fused-ring (bicyclic) bond motifs is 1. The zero-order valence-corrected chi connectivity index (χ0v) is 10.9. The third-order valence-corrected chi connectivity index (χ3v) is 3.35. The SMILES string of the molecule is Nc1ccc(Oc2cccc(Cl)c2Cl)c2nonc12. The average Bonchev–Trinajstić information content (AvgIpc) is 2.88. The normalized spacial score (nSPS) is 10.8. The van der Waals surface area contributed by atoms with Crippen molar-refractivity contribution in [2.24, 2.45) is 0 Å². The molecule has 0 bridgehead atoms. The molecule has 5 nitrogen and oxygen atoms in total. The second-order valence-corrected chi connectivity index (χ2v) is 4.55. The largest absolute Gasteiger partial charge is 0.453 e. The Morgan fingerprint density at radius 2 is 1.79 bits per heavy atom. The maximum Gasteiger partial charge on any atom is 0.179 e. The van der Waals surface area contributed by atoms with E-state index in [1.54, 1.807) is 30.3 Å². The van der Waals surface area contributed by atoms with Gasteiger partial charge in [0.25, 0.3) is 0 Å². The molecule has 0 saturated heterocycles. The summed E-state index contributed by atoms with van der Waals surface area (Å²) in [6.07, 6.45) is 0. The smallest absolute Gasteiger partial charge is 0.179 e. The first kappa shape index (κ1) is 12.1. The molecule has 0 saturated carbocycles. The first-order valence-corrected chi connectivity index (χ1v) is 6.05. The molecule has 3 rings (SSSR count). The lowest BCUT2D eigenvalue weighted by Crippen LogP contribution is -1.91. The number of hydrogen-bond donors (Lipinski definition) is 1. The third kappa shape index (κ3) is 2.07. The lowest BCUT2D eigenvalue weighted by molar-refractivity contribution is 0.314. The van der Waals surface area contributed by atoms with Gasteiger partial charge in [0.05, 0.1) is 10.7 Å². The molecule has 1 heterocycles. The van der Waals surface area contributed by atoms with E-state index in [0.29, 0.717) is 38.3 Å². The van der Waals surface area contributed by atoms with E-state index in [0.717, 1.165) is 0 Å². The van der Waals surface area contributed by atoms with Gasteiger partial charge in [0, 0.05) is 0 Å². The van der Waals surface area contributed by atoms with Crippen molar-refractivity contribution in [3.63, 3.8) is 0 Å². The molecule has 0 unspecified atom stereocenters. The Balaban J connectivity index is 2.09. The average molecular weight is 296 g/mol. The first-order valence-electron chi connectivity index (χ1n) is 5.29. The van der Waals surface area contributed by atoms with Crippen LogP contribution in [0.4, 0.5) is 5.69 Å². The van der Waals surface area contributed by atoms with Crippen LogP contribution in [0.3, 0.4) is 0 Å². The molecule has 0 amide bonds. The monoisotopic (exact) mass is 295 g/mol. The molecule has 2 aromatic carbocycles. The highest BCUT2D eigenvalue weighted by Crippen LogP contribution is 2.37. The standard InChI is InChI=1S/C12H7Cl2N3O2/c13-6-2-1-3-8(10(6)14)18-9-5-4-7(15)11-12(9)17-19-16-11/h1-5H,15H2. The van der Waals surface area contributed by atoms with E-state index < -0.39 is 0 Å². The summed E-state index contributed by atoms with van der Waals surface area (Å²) in [4.78, 5) is 0. The van der Waals surface area contributed by atoms with E-state index in [1.807, 2.05) is 0 Å². The number of rotatable bonds is 2. The Hall–Kier alpha value is -1.98. The van der Waals surface area contributed by atoms with Gasteiger partial charge in [-0.25, -0.2) is 4.63 Å². The highest BCUT2D eigenvalue weighted by atomic mass is 35.5. The Morgan fingerprint density at radius 3 is 2.63 bits per heavy atom. The molecular weight excluding hydrogens is 289 g/mol. The Labute approximate surface area is 117 Å². The van der Waals surface area contributed by atoms with Gasteiger partial charge in [0.15, 0.2) is 16.8 Å². The predicted octanol–water partition coefficient (Wildman–Crippen LogP) is 3.90. The van der Waals surface area contributed by atoms with Gasteiger partial charge in [-0.2, -0.15) is 0 Å². The number of ether oxygens (including phenoxy) is 1. The van der Waals surface area contributed by atoms with Crippen LogP contribution >= 0.6 is 23.2 Å². The lowest BCUT2D eigenvalue weighted by atomic mass is 10.2. The van der Waals surface area contributed by atoms with Crippen LogP contribution in [0.25, 0.3) is 11.0 Å². The van der Waals surface area contributed by atoms with Crippen molar-refractivity contribution in [3.8, 4) is 11.5 Å². The second-order valence-electron chi connectivity index (χ2n) is 3.77. The van der Waals surface area contributed by atoms with Crippen molar-refractivity contribution in [1.82, 2.24) is 10.3 Å². The summed E-state index contributed by atoms with van der Waals surface area (Å²) in [7, 11) is 0. The van der Waals surface area contributed by atoms with Crippen LogP contribution < -0.4 is 10.5 Å². The number of anilines is 1. The molecule has 0 aliphatic rings. The zero-order chi connectivity index (χ0) is 13.4. The summed E-state index contributed by atoms with van der Waals surface area (Å²) in [5.41, 5.74) is 7.08. The topological polar surface area (TPSA) is 74.2 Å². The fraction of sp³-hybridized carbons (Fsp3) is 0. The van der Waals surface area contributed by atoms with Crippen LogP contribution in [-0.2, 0) is 0 Å². The van der Waals surface area contributed by atoms with Crippen LogP contribution in [0.5, 0.6) is 11.5 Å². The Kier molecular flexibility index (Phi) is 2.93. The van der Waals surface area contributed by atoms with E-state index in [2.05, 4.69) is 14.9 Å². The molecule has 0 radical (unpaired) electrons. The highest BCUT2D eigenvalue weighted by molar-refractivity contribution is 6.42. The van der Waals surface area contributed by atoms with Gasteiger partial charge in [-0.3, -0.25) is 0 Å². The number of nitrogens with zero attached hydrogens (tertiary/aromatic N) is 2. The van der Waals surface area contributed by atoms with E-state index in [1.165, 1.54) is 0 Å². The molecule has 96 valence electrons. The molecular formula is C12H7Cl2N3O2. The fourth-order valence-corrected chi connectivity index (χ4v) is 1.96. The molecule has 0 aliphatic carbocycles. The highest BCUT2D eigenvalue weighted by Gasteiger charge is 2.14. The molecule has 7 heteroatoms. The number of aromatic nitrogens is 2. The maximum absolute atomic E-state index is 6.06. The summed E-state index contributed by atoms with van der Waals surface area (Å²) < 4.78 is 10.3. The Morgan fingerprint density at radius 1 is 1.00 bits per heavy atom. The summed E-state index contributed by atoms with van der Waals surface area (Å²) >= 11 is 12.0. The van der Waals surface area contributed by atoms with E-state index in [-0.39, 0.29) is 0 Å². The van der Waals surface area contributed by atoms with Crippen LogP contribution in [0.1, 0.15) is 0 Å². The molecule has 19 heavy (non-hydrogen) atoms. The number of halogens is 2. The molecule has 0 atom stereocenters. The number of hydrogen-bond acceptors (Lipinski definition) is 5. The molecule has 2 N–H and O–H groups in total. The lowest BCUT2D eigenvalue weighted by Gasteiger charge is -2.08. The first-order chi connectivity index (χ1) is 9.16. The molecule has 3 aromatic rings. The van der Waals surface area contributed by atoms with Gasteiger partial charge < -0.3 is 10.5 Å². The summed E-state index contributed by atoms with van der Waals surface area (Å²) in [5.74, 6) is 0.859. The molecule has 0 aliphatic heterocycles. The number of nitrogens with two attached hydrogens (primary N) is 1. The van der Waals surface area contributed by atoms with Crippen molar-refractivity contribution >= 4 is 39.9 Å².